The lowest BCUT2D eigenvalue weighted by molar-refractivity contribution is -0.385. The number of carboxylic acids is 1. The lowest BCUT2D eigenvalue weighted by atomic mass is 10.0. The van der Waals surface area contributed by atoms with Crippen LogP contribution in [0.1, 0.15) is 12.5 Å². The Morgan fingerprint density at radius 2 is 1.95 bits per heavy atom. The van der Waals surface area contributed by atoms with E-state index in [1.54, 1.807) is 0 Å². The number of nitrogens with zero attached hydrogens (tertiary/aromatic N) is 1. The van der Waals surface area contributed by atoms with Crippen LogP contribution in [-0.4, -0.2) is 34.3 Å². The highest BCUT2D eigenvalue weighted by Crippen LogP contribution is 2.30. The van der Waals surface area contributed by atoms with Crippen molar-refractivity contribution in [1.82, 2.24) is 5.32 Å². The Kier molecular flexibility index (Phi) is 4.89. The molecule has 0 spiro atoms. The van der Waals surface area contributed by atoms with Gasteiger partial charge < -0.3 is 5.11 Å². The summed E-state index contributed by atoms with van der Waals surface area (Å²) >= 11 is 0. The normalized spacial score (nSPS) is 14.5. The summed E-state index contributed by atoms with van der Waals surface area (Å²) in [6, 6.07) is 5.59. The van der Waals surface area contributed by atoms with Crippen molar-refractivity contribution in [3.8, 4) is 0 Å². The summed E-state index contributed by atoms with van der Waals surface area (Å²) in [6.45, 7) is 0.141. The molecule has 0 aliphatic rings. The molecule has 0 radical (unpaired) electrons. The van der Waals surface area contributed by atoms with E-state index in [1.807, 2.05) is 5.32 Å². The SMILES string of the molecule is CC(NCCc1ccccc1[N+](=O)[O-])(C(=O)O)C(F)(F)F. The Balaban J connectivity index is 2.81. The number of carboxylic acid groups (broad SMARTS) is 1. The second kappa shape index (κ2) is 6.08. The highest BCUT2D eigenvalue weighted by Gasteiger charge is 2.56. The highest BCUT2D eigenvalue weighted by molar-refractivity contribution is 5.79. The molecule has 2 N–H and O–H groups in total. The molecule has 0 heterocycles. The summed E-state index contributed by atoms with van der Waals surface area (Å²) in [4.78, 5) is 20.9. The summed E-state index contributed by atoms with van der Waals surface area (Å²) in [5.41, 5.74) is -3.09. The first kappa shape index (κ1) is 16.9. The standard InChI is InChI=1S/C12H13F3N2O4/c1-11(10(18)19,12(13,14)15)16-7-6-8-4-2-3-5-9(8)17(20)21/h2-5,16H,6-7H2,1H3,(H,18,19). The van der Waals surface area contributed by atoms with Gasteiger partial charge in [-0.2, -0.15) is 13.2 Å². The molecule has 0 saturated heterocycles. The maximum Gasteiger partial charge on any atom is 0.417 e. The minimum absolute atomic E-state index is 0.101. The third-order valence-corrected chi connectivity index (χ3v) is 3.06. The third kappa shape index (κ3) is 3.69. The third-order valence-electron chi connectivity index (χ3n) is 3.06. The molecule has 0 aromatic heterocycles. The maximum absolute atomic E-state index is 12.7. The minimum Gasteiger partial charge on any atom is -0.480 e. The fraction of sp³-hybridized carbons (Fsp3) is 0.417. The molecule has 21 heavy (non-hydrogen) atoms. The number of carbonyl (C=O) groups is 1. The molecule has 0 bridgehead atoms. The summed E-state index contributed by atoms with van der Waals surface area (Å²) in [5.74, 6) is -2.06. The van der Waals surface area contributed by atoms with Crippen molar-refractivity contribution >= 4 is 11.7 Å². The molecule has 0 aliphatic carbocycles. The monoisotopic (exact) mass is 306 g/mol. The molecule has 1 aromatic carbocycles. The van der Waals surface area contributed by atoms with Gasteiger partial charge in [0.05, 0.1) is 4.92 Å². The van der Waals surface area contributed by atoms with Gasteiger partial charge >= 0.3 is 12.1 Å². The minimum atomic E-state index is -4.98. The molecule has 6 nitrogen and oxygen atoms in total. The molecule has 1 unspecified atom stereocenters. The number of nitro benzene ring substituents is 1. The van der Waals surface area contributed by atoms with E-state index in [9.17, 15) is 28.1 Å². The number of alkyl halides is 3. The Morgan fingerprint density at radius 3 is 2.43 bits per heavy atom. The molecule has 1 aromatic rings. The number of benzene rings is 1. The Labute approximate surface area is 117 Å². The van der Waals surface area contributed by atoms with Gasteiger partial charge in [0.15, 0.2) is 0 Å². The van der Waals surface area contributed by atoms with Gasteiger partial charge in [-0.15, -0.1) is 0 Å². The number of rotatable bonds is 6. The topological polar surface area (TPSA) is 92.5 Å². The second-order valence-corrected chi connectivity index (χ2v) is 4.49. The largest absolute Gasteiger partial charge is 0.480 e. The number of hydrogen-bond donors (Lipinski definition) is 2. The predicted octanol–water partition coefficient (Wildman–Crippen LogP) is 2.13. The van der Waals surface area contributed by atoms with Crippen molar-refractivity contribution < 1.29 is 28.0 Å². The van der Waals surface area contributed by atoms with E-state index in [1.165, 1.54) is 24.3 Å². The Hall–Kier alpha value is -2.16. The number of hydrogen-bond acceptors (Lipinski definition) is 4. The van der Waals surface area contributed by atoms with E-state index in [-0.39, 0.29) is 24.2 Å². The van der Waals surface area contributed by atoms with Crippen LogP contribution in [0.3, 0.4) is 0 Å². The number of para-hydroxylation sites is 1. The van der Waals surface area contributed by atoms with Crippen molar-refractivity contribution in [1.29, 1.82) is 0 Å². The summed E-state index contributed by atoms with van der Waals surface area (Å²) in [7, 11) is 0. The molecule has 9 heteroatoms. The van der Waals surface area contributed by atoms with Crippen LogP contribution in [0.25, 0.3) is 0 Å². The van der Waals surface area contributed by atoms with Crippen molar-refractivity contribution in [2.24, 2.45) is 0 Å². The number of halogens is 3. The molecule has 116 valence electrons. The van der Waals surface area contributed by atoms with Crippen LogP contribution < -0.4 is 5.32 Å². The fourth-order valence-electron chi connectivity index (χ4n) is 1.64. The molecule has 1 atom stereocenters. The zero-order valence-corrected chi connectivity index (χ0v) is 11.0. The molecule has 0 amide bonds. The number of aliphatic carboxylic acids is 1. The van der Waals surface area contributed by atoms with Gasteiger partial charge in [-0.25, -0.2) is 4.79 Å². The van der Waals surface area contributed by atoms with Gasteiger partial charge in [0.1, 0.15) is 0 Å². The maximum atomic E-state index is 12.7. The van der Waals surface area contributed by atoms with Gasteiger partial charge in [0.2, 0.25) is 5.54 Å². The summed E-state index contributed by atoms with van der Waals surface area (Å²) in [5, 5.41) is 21.4. The quantitative estimate of drug-likeness (QED) is 0.620. The lowest BCUT2D eigenvalue weighted by Crippen LogP contribution is -2.60. The zero-order valence-electron chi connectivity index (χ0n) is 11.0. The van der Waals surface area contributed by atoms with Crippen molar-refractivity contribution in [3.05, 3.63) is 39.9 Å². The predicted molar refractivity (Wildman–Crippen MR) is 66.9 cm³/mol. The second-order valence-electron chi connectivity index (χ2n) is 4.49. The van der Waals surface area contributed by atoms with Crippen molar-refractivity contribution in [2.75, 3.05) is 6.54 Å². The van der Waals surface area contributed by atoms with E-state index < -0.39 is 22.6 Å². The average molecular weight is 306 g/mol. The number of nitrogens with one attached hydrogen (secondary N) is 1. The van der Waals surface area contributed by atoms with E-state index in [2.05, 4.69) is 0 Å². The number of nitro groups is 1. The van der Waals surface area contributed by atoms with E-state index in [0.29, 0.717) is 6.92 Å². The molecular weight excluding hydrogens is 293 g/mol. The van der Waals surface area contributed by atoms with E-state index in [0.717, 1.165) is 0 Å². The smallest absolute Gasteiger partial charge is 0.417 e. The summed E-state index contributed by atoms with van der Waals surface area (Å²) in [6.07, 6.45) is -5.09. The average Bonchev–Trinajstić information content (AvgIpc) is 2.37. The van der Waals surface area contributed by atoms with Crippen LogP contribution in [0.5, 0.6) is 0 Å². The van der Waals surface area contributed by atoms with Crippen LogP contribution in [-0.2, 0) is 11.2 Å². The van der Waals surface area contributed by atoms with E-state index >= 15 is 0 Å². The van der Waals surface area contributed by atoms with Gasteiger partial charge in [-0.05, 0) is 13.3 Å². The van der Waals surface area contributed by atoms with Crippen molar-refractivity contribution in [2.45, 2.75) is 25.1 Å². The van der Waals surface area contributed by atoms with Crippen LogP contribution >= 0.6 is 0 Å². The fourth-order valence-corrected chi connectivity index (χ4v) is 1.64. The summed E-state index contributed by atoms with van der Waals surface area (Å²) < 4.78 is 38.2. The lowest BCUT2D eigenvalue weighted by Gasteiger charge is -2.28. The Morgan fingerprint density at radius 1 is 1.38 bits per heavy atom. The van der Waals surface area contributed by atoms with Crippen LogP contribution in [0.15, 0.2) is 24.3 Å². The molecule has 0 fully saturated rings. The molecule has 0 aliphatic heterocycles. The Bertz CT molecular complexity index is 548. The zero-order chi connectivity index (χ0) is 16.3. The van der Waals surface area contributed by atoms with Crippen molar-refractivity contribution in [3.63, 3.8) is 0 Å². The first-order chi connectivity index (χ1) is 9.59. The van der Waals surface area contributed by atoms with Gasteiger partial charge in [0, 0.05) is 18.2 Å². The van der Waals surface area contributed by atoms with Crippen LogP contribution in [0, 0.1) is 10.1 Å². The molecule has 1 rings (SSSR count). The van der Waals surface area contributed by atoms with Gasteiger partial charge in [-0.3, -0.25) is 15.4 Å². The molecular formula is C12H13F3N2O4. The first-order valence-electron chi connectivity index (χ1n) is 5.87. The van der Waals surface area contributed by atoms with Gasteiger partial charge in [-0.1, -0.05) is 18.2 Å². The first-order valence-corrected chi connectivity index (χ1v) is 5.87. The van der Waals surface area contributed by atoms with E-state index in [4.69, 9.17) is 5.11 Å². The van der Waals surface area contributed by atoms with Gasteiger partial charge in [0.25, 0.3) is 5.69 Å². The molecule has 0 saturated carbocycles. The van der Waals surface area contributed by atoms with Crippen LogP contribution in [0.2, 0.25) is 0 Å². The van der Waals surface area contributed by atoms with Crippen LogP contribution in [0.4, 0.5) is 18.9 Å². The highest BCUT2D eigenvalue weighted by atomic mass is 19.4.